The summed E-state index contributed by atoms with van der Waals surface area (Å²) in [5.41, 5.74) is 7.74. The molecule has 129 heavy (non-hydrogen) atoms. The Balaban J connectivity index is 0.000000126. The zero-order chi connectivity index (χ0) is 90.8. The van der Waals surface area contributed by atoms with Crippen molar-refractivity contribution in [2.45, 2.75) is 202 Å². The normalized spacial score (nSPS) is 18.5. The zero-order valence-electron chi connectivity index (χ0n) is 76.7. The number of nitrogens with zero attached hydrogens (tertiary/aromatic N) is 22. The molecule has 34 nitrogen and oxygen atoms in total. The second-order valence-corrected chi connectivity index (χ2v) is 37.9. The molecule has 4 fully saturated rings. The quantitative estimate of drug-likeness (QED) is 0.0493. The second-order valence-electron chi connectivity index (χ2n) is 37.9. The summed E-state index contributed by atoms with van der Waals surface area (Å²) in [4.78, 5) is 127. The van der Waals surface area contributed by atoms with Crippen molar-refractivity contribution in [1.29, 1.82) is 0 Å². The molecule has 0 atom stereocenters. The van der Waals surface area contributed by atoms with Crippen LogP contribution in [-0.4, -0.2) is 196 Å². The number of nitrogens with one attached hydrogen (secondary N) is 6. The van der Waals surface area contributed by atoms with Crippen LogP contribution in [0, 0.1) is 21.7 Å². The minimum atomic E-state index is -0.542. The summed E-state index contributed by atoms with van der Waals surface area (Å²) in [5.74, 6) is 5.95. The first-order valence-corrected chi connectivity index (χ1v) is 45.1. The number of anilines is 16. The predicted octanol–water partition coefficient (Wildman–Crippen LogP) is 15.7. The van der Waals surface area contributed by atoms with Gasteiger partial charge in [-0.2, -0.15) is 30.1 Å². The van der Waals surface area contributed by atoms with Crippen LogP contribution in [0.3, 0.4) is 0 Å². The van der Waals surface area contributed by atoms with E-state index >= 15 is 0 Å². The van der Waals surface area contributed by atoms with Crippen LogP contribution in [0.15, 0.2) is 147 Å². The topological polar surface area (TPSA) is 361 Å². The molecular weight excluding hydrogens is 1630 g/mol. The average Bonchev–Trinajstić information content (AvgIpc) is 1.61. The number of hydrogen-bond acceptors (Lipinski definition) is 26. The Morgan fingerprint density at radius 2 is 0.829 bits per heavy atom. The van der Waals surface area contributed by atoms with Crippen LogP contribution in [0.1, 0.15) is 182 Å². The van der Waals surface area contributed by atoms with Gasteiger partial charge in [0.05, 0.1) is 82.0 Å². The van der Waals surface area contributed by atoms with Gasteiger partial charge in [0.25, 0.3) is 5.91 Å². The van der Waals surface area contributed by atoms with Crippen LogP contribution in [0.4, 0.5) is 92.6 Å². The first-order valence-electron chi connectivity index (χ1n) is 45.1. The summed E-state index contributed by atoms with van der Waals surface area (Å²) in [6.45, 7) is 22.5. The van der Waals surface area contributed by atoms with E-state index in [4.69, 9.17) is 24.7 Å². The number of ether oxygens (including phenoxy) is 1. The Labute approximate surface area is 753 Å². The minimum Gasteiger partial charge on any atom is -0.489 e. The van der Waals surface area contributed by atoms with Crippen LogP contribution in [0.25, 0.3) is 22.3 Å². The summed E-state index contributed by atoms with van der Waals surface area (Å²) >= 11 is 0. The third-order valence-corrected chi connectivity index (χ3v) is 25.9. The van der Waals surface area contributed by atoms with Crippen LogP contribution in [-0.2, 0) is 19.2 Å². The minimum absolute atomic E-state index is 0.0564. The van der Waals surface area contributed by atoms with E-state index in [1.54, 1.807) is 106 Å². The zero-order valence-corrected chi connectivity index (χ0v) is 76.7. The summed E-state index contributed by atoms with van der Waals surface area (Å²) in [5, 5.41) is 28.1. The molecule has 6 N–H and O–H groups in total. The Morgan fingerprint density at radius 3 is 1.19 bits per heavy atom. The summed E-state index contributed by atoms with van der Waals surface area (Å²) in [6, 6.07) is 28.7. The first-order chi connectivity index (χ1) is 61.9. The van der Waals surface area contributed by atoms with Crippen molar-refractivity contribution in [1.82, 2.24) is 79.7 Å². The Morgan fingerprint density at radius 1 is 0.450 bits per heavy atom. The fourth-order valence-electron chi connectivity index (χ4n) is 19.1. The summed E-state index contributed by atoms with van der Waals surface area (Å²) < 4.78 is 9.65. The van der Waals surface area contributed by atoms with Gasteiger partial charge in [-0.1, -0.05) is 51.4 Å². The highest BCUT2D eigenvalue weighted by Gasteiger charge is 2.47. The highest BCUT2D eigenvalue weighted by Crippen LogP contribution is 2.47. The molecule has 0 radical (unpaired) electrons. The van der Waals surface area contributed by atoms with Gasteiger partial charge in [-0.05, 0) is 206 Å². The molecule has 7 aromatic heterocycles. The molecular formula is C95H120N28O6. The van der Waals surface area contributed by atoms with Gasteiger partial charge >= 0.3 is 0 Å². The number of imidazole rings is 1. The molecule has 34 heteroatoms. The van der Waals surface area contributed by atoms with Crippen LogP contribution < -0.4 is 70.5 Å². The molecule has 11 aromatic rings. The third kappa shape index (κ3) is 19.3. The maximum absolute atomic E-state index is 13.2. The number of aromatic nitrogens is 15. The Kier molecular flexibility index (Phi) is 25.6. The number of hydrogen-bond donors (Lipinski definition) is 6. The van der Waals surface area contributed by atoms with Gasteiger partial charge in [0.1, 0.15) is 41.2 Å². The van der Waals surface area contributed by atoms with Gasteiger partial charge in [0.15, 0.2) is 23.3 Å². The number of H-pyrrole nitrogens is 1. The van der Waals surface area contributed by atoms with E-state index in [1.807, 2.05) is 168 Å². The van der Waals surface area contributed by atoms with Gasteiger partial charge < -0.3 is 75.1 Å². The predicted molar refractivity (Wildman–Crippen MR) is 505 cm³/mol. The molecule has 19 rings (SSSR count). The van der Waals surface area contributed by atoms with Crippen LogP contribution in [0.5, 0.6) is 5.75 Å². The van der Waals surface area contributed by atoms with E-state index in [2.05, 4.69) is 91.4 Å². The van der Waals surface area contributed by atoms with Gasteiger partial charge in [0, 0.05) is 132 Å². The molecule has 8 aliphatic rings. The number of aromatic amines is 1. The lowest BCUT2D eigenvalue weighted by Crippen LogP contribution is -2.45. The number of carbonyl (C=O) groups excluding carboxylic acids is 5. The van der Waals surface area contributed by atoms with Gasteiger partial charge in [-0.15, -0.1) is 0 Å². The van der Waals surface area contributed by atoms with Gasteiger partial charge in [-0.25, -0.2) is 34.6 Å². The molecule has 676 valence electrons. The van der Waals surface area contributed by atoms with Crippen molar-refractivity contribution in [2.24, 2.45) is 21.7 Å². The van der Waals surface area contributed by atoms with Gasteiger partial charge in [-0.3, -0.25) is 29.1 Å². The molecule has 5 amide bonds. The van der Waals surface area contributed by atoms with E-state index in [1.165, 1.54) is 57.7 Å². The fourth-order valence-corrected chi connectivity index (χ4v) is 19.1. The first kappa shape index (κ1) is 89.0. The number of rotatable bonds is 17. The molecule has 0 spiro atoms. The number of amides is 5. The summed E-state index contributed by atoms with van der Waals surface area (Å²) in [6.07, 6.45) is 36.0. The monoisotopic (exact) mass is 1750 g/mol. The Bertz CT molecular complexity index is 5660. The van der Waals surface area contributed by atoms with E-state index in [0.717, 1.165) is 131 Å². The lowest BCUT2D eigenvalue weighted by molar-refractivity contribution is -0.126. The number of fused-ring (bicyclic) bond motifs is 5. The maximum Gasteiger partial charge on any atom is 0.251 e. The van der Waals surface area contributed by atoms with E-state index in [-0.39, 0.29) is 35.6 Å². The largest absolute Gasteiger partial charge is 0.489 e. The van der Waals surface area contributed by atoms with Crippen LogP contribution in [0.2, 0.25) is 0 Å². The molecule has 0 bridgehead atoms. The lowest BCUT2D eigenvalue weighted by Gasteiger charge is -2.34. The van der Waals surface area contributed by atoms with Crippen molar-refractivity contribution in [3.05, 3.63) is 153 Å². The highest BCUT2D eigenvalue weighted by atomic mass is 16.5. The molecule has 4 aliphatic carbocycles. The molecule has 4 aliphatic heterocycles. The van der Waals surface area contributed by atoms with Crippen molar-refractivity contribution < 1.29 is 28.7 Å². The van der Waals surface area contributed by atoms with E-state index in [9.17, 15) is 24.0 Å². The smallest absolute Gasteiger partial charge is 0.251 e. The molecule has 4 saturated carbocycles. The molecule has 11 heterocycles. The lowest BCUT2D eigenvalue weighted by atomic mass is 9.91. The number of carbonyl (C=O) groups is 5. The van der Waals surface area contributed by atoms with E-state index in [0.29, 0.717) is 96.8 Å². The highest BCUT2D eigenvalue weighted by molar-refractivity contribution is 6.04. The summed E-state index contributed by atoms with van der Waals surface area (Å²) in [7, 11) is 8.86. The molecule has 0 unspecified atom stereocenters. The standard InChI is InChI=1S/C26H36N6O3.C24H29N7O.C23H28N8O.C22H27N7O/c1-16(2)35-21-13-17(23(33)27-5)11-12-19(21)29-25-28-14-20-22(30-25)32(18-9-7-8-10-18)15-26(3,4)24(34)31(20)6;1-24(2)15-31(19-6-4-5-7-19)21-20(29(3)22(24)32)14-26-23(28-21)27-17-8-10-18(11-9-17)30-13-12-25-16-30;1-23(2)13-30(17-6-4-5-7-17)20-19(29(3)21(23)32)12-25-22(28-20)27-16-8-10-18(11-9-16)31-15-24-14-26-31;1-22(2)13-29(16-6-4-5-7-16)19-18(28(3)20(22)30)12-23-21(26-19)25-15-9-8-14-11-24-27-17(14)10-15/h11-14,16,18H,7-10,15H2,1-6H3,(H,27,33)(H,28,29,30);8-14,16,19H,4-7,15H2,1-3H3,(H,26,27,28);8-12,14-15,17H,4-7,13H2,1-3H3,(H,25,27,28);8-12,16H,4-7,13H2,1-3H3,(H,24,27)(H,23,25,26). The molecule has 4 aromatic carbocycles. The third-order valence-electron chi connectivity index (χ3n) is 25.9. The van der Waals surface area contributed by atoms with E-state index < -0.39 is 21.7 Å². The number of benzene rings is 4. The maximum atomic E-state index is 13.2. The van der Waals surface area contributed by atoms with Crippen molar-refractivity contribution in [3.63, 3.8) is 0 Å². The van der Waals surface area contributed by atoms with Crippen molar-refractivity contribution in [3.8, 4) is 17.1 Å². The molecule has 0 saturated heterocycles. The second kappa shape index (κ2) is 37.1. The van der Waals surface area contributed by atoms with Crippen molar-refractivity contribution in [2.75, 3.05) is 122 Å². The average molecular weight is 1750 g/mol. The SMILES string of the molecule is CN1C(=O)C(C)(C)CN(C2CCCC2)c2nc(Nc3ccc(-n4ccnc4)cc3)ncc21.CN1C(=O)C(C)(C)CN(C2CCCC2)c2nc(Nc3ccc(-n4cncn4)cc3)ncc21.CN1C(=O)C(C)(C)CN(C2CCCC2)c2nc(Nc3ccc4cn[nH]c4c3)ncc21.CNC(=O)c1ccc(Nc2ncc3c(n2)N(C2CCCC2)CC(C)(C)C(=O)N3C)c(OC(C)C)c1. The van der Waals surface area contributed by atoms with Crippen molar-refractivity contribution >= 4 is 133 Å². The van der Waals surface area contributed by atoms with Gasteiger partial charge in [0.2, 0.25) is 47.4 Å². The van der Waals surface area contributed by atoms with Crippen LogP contribution >= 0.6 is 0 Å². The Hall–Kier alpha value is -13.4. The fraction of sp³-hybridized carbons (Fsp3) is 0.463.